The molecule has 0 fully saturated rings. The Bertz CT molecular complexity index is 592. The Morgan fingerprint density at radius 1 is 1.61 bits per heavy atom. The van der Waals surface area contributed by atoms with Crippen LogP contribution in [0.1, 0.15) is 0 Å². The third kappa shape index (κ3) is 2.51. The molecule has 0 aliphatic heterocycles. The third-order valence-electron chi connectivity index (χ3n) is 1.95. The third-order valence-corrected chi connectivity index (χ3v) is 4.10. The predicted molar refractivity (Wildman–Crippen MR) is 67.0 cm³/mol. The van der Waals surface area contributed by atoms with Gasteiger partial charge in [-0.15, -0.1) is 11.7 Å². The summed E-state index contributed by atoms with van der Waals surface area (Å²) in [6, 6.07) is 2.86. The number of hydrogen-bond donors (Lipinski definition) is 1. The molecular formula is C9H8N4O3S2. The molecule has 0 aliphatic carbocycles. The Labute approximate surface area is 110 Å². The maximum atomic E-state index is 10.6. The van der Waals surface area contributed by atoms with Crippen LogP contribution in [0.5, 0.6) is 6.01 Å². The van der Waals surface area contributed by atoms with Crippen molar-refractivity contribution in [3.8, 4) is 6.01 Å². The first-order valence-corrected chi connectivity index (χ1v) is 6.40. The second kappa shape index (κ2) is 5.19. The van der Waals surface area contributed by atoms with Crippen LogP contribution in [0, 0.1) is 10.1 Å². The van der Waals surface area contributed by atoms with Crippen LogP contribution in [0.25, 0.3) is 0 Å². The summed E-state index contributed by atoms with van der Waals surface area (Å²) in [6.45, 7) is 3.94. The molecular weight excluding hydrogens is 276 g/mol. The van der Waals surface area contributed by atoms with Gasteiger partial charge in [-0.25, -0.2) is 0 Å². The maximum Gasteiger partial charge on any atom is 0.325 e. The van der Waals surface area contributed by atoms with Crippen molar-refractivity contribution in [1.29, 1.82) is 0 Å². The van der Waals surface area contributed by atoms with Crippen molar-refractivity contribution in [2.45, 2.75) is 15.9 Å². The van der Waals surface area contributed by atoms with E-state index in [1.54, 1.807) is 12.1 Å². The van der Waals surface area contributed by atoms with Gasteiger partial charge in [0, 0.05) is 12.6 Å². The fourth-order valence-electron chi connectivity index (χ4n) is 1.20. The molecule has 94 valence electrons. The summed E-state index contributed by atoms with van der Waals surface area (Å²) in [5.41, 5.74) is 0. The largest absolute Gasteiger partial charge is 0.479 e. The van der Waals surface area contributed by atoms with Crippen molar-refractivity contribution in [1.82, 2.24) is 14.8 Å². The van der Waals surface area contributed by atoms with Crippen molar-refractivity contribution in [3.05, 3.63) is 34.9 Å². The Hall–Kier alpha value is -1.87. The van der Waals surface area contributed by atoms with Gasteiger partial charge in [0.25, 0.3) is 0 Å². The van der Waals surface area contributed by atoms with Gasteiger partial charge in [-0.3, -0.25) is 14.7 Å². The topological polar surface area (TPSA) is 94.1 Å². The summed E-state index contributed by atoms with van der Waals surface area (Å²) in [5.74, 6) is 0. The summed E-state index contributed by atoms with van der Waals surface area (Å²) < 4.78 is 2.17. The van der Waals surface area contributed by atoms with Gasteiger partial charge >= 0.3 is 11.0 Å². The van der Waals surface area contributed by atoms with Gasteiger partial charge < -0.3 is 5.11 Å². The molecule has 0 spiro atoms. The van der Waals surface area contributed by atoms with Crippen LogP contribution in [0.4, 0.5) is 5.00 Å². The summed E-state index contributed by atoms with van der Waals surface area (Å²) >= 11 is 2.26. The monoisotopic (exact) mass is 284 g/mol. The van der Waals surface area contributed by atoms with Crippen molar-refractivity contribution in [3.63, 3.8) is 0 Å². The fourth-order valence-corrected chi connectivity index (χ4v) is 3.06. The highest BCUT2D eigenvalue weighted by Crippen LogP contribution is 2.36. The Kier molecular flexibility index (Phi) is 3.63. The molecule has 2 aromatic rings. The number of rotatable bonds is 5. The number of thiophene rings is 1. The summed E-state index contributed by atoms with van der Waals surface area (Å²) in [6.07, 6.45) is 1.60. The SMILES string of the molecule is C=CCn1c(O)nnc1Sc1ccc([N+](=O)[O-])s1. The van der Waals surface area contributed by atoms with Gasteiger partial charge in [0.1, 0.15) is 0 Å². The number of allylic oxidation sites excluding steroid dienone is 1. The maximum absolute atomic E-state index is 10.6. The number of nitro groups is 1. The normalized spacial score (nSPS) is 10.4. The highest BCUT2D eigenvalue weighted by atomic mass is 32.2. The average molecular weight is 284 g/mol. The molecule has 2 heterocycles. The highest BCUT2D eigenvalue weighted by Gasteiger charge is 2.15. The van der Waals surface area contributed by atoms with Crippen LogP contribution in [0.15, 0.2) is 34.2 Å². The lowest BCUT2D eigenvalue weighted by molar-refractivity contribution is -0.380. The molecule has 0 amide bonds. The lowest BCUT2D eigenvalue weighted by Crippen LogP contribution is -1.96. The standard InChI is InChI=1S/C9H8N4O3S2/c1-2-5-12-8(14)10-11-9(12)18-7-4-3-6(17-7)13(15)16/h2-4H,1,5H2,(H,10,14). The first kappa shape index (κ1) is 12.6. The van der Waals surface area contributed by atoms with Crippen LogP contribution >= 0.6 is 23.1 Å². The van der Waals surface area contributed by atoms with Gasteiger partial charge in [-0.05, 0) is 17.8 Å². The van der Waals surface area contributed by atoms with E-state index in [-0.39, 0.29) is 11.0 Å². The first-order chi connectivity index (χ1) is 8.61. The highest BCUT2D eigenvalue weighted by molar-refractivity contribution is 8.01. The molecule has 9 heteroatoms. The molecule has 2 rings (SSSR count). The van der Waals surface area contributed by atoms with Crippen LogP contribution in [-0.4, -0.2) is 24.8 Å². The lowest BCUT2D eigenvalue weighted by Gasteiger charge is -2.01. The van der Waals surface area contributed by atoms with Crippen molar-refractivity contribution in [2.24, 2.45) is 0 Å². The number of nitrogens with zero attached hydrogens (tertiary/aromatic N) is 4. The summed E-state index contributed by atoms with van der Waals surface area (Å²) in [7, 11) is 0. The number of hydrogen-bond acceptors (Lipinski definition) is 7. The zero-order valence-electron chi connectivity index (χ0n) is 9.02. The van der Waals surface area contributed by atoms with Crippen LogP contribution in [-0.2, 0) is 6.54 Å². The van der Waals surface area contributed by atoms with Crippen molar-refractivity contribution < 1.29 is 10.0 Å². The van der Waals surface area contributed by atoms with E-state index in [9.17, 15) is 15.2 Å². The molecule has 18 heavy (non-hydrogen) atoms. The summed E-state index contributed by atoms with van der Waals surface area (Å²) in [5, 5.41) is 27.9. The Morgan fingerprint density at radius 2 is 2.39 bits per heavy atom. The minimum Gasteiger partial charge on any atom is -0.479 e. The second-order valence-electron chi connectivity index (χ2n) is 3.13. The Morgan fingerprint density at radius 3 is 3.00 bits per heavy atom. The fraction of sp³-hybridized carbons (Fsp3) is 0.111. The van der Waals surface area contributed by atoms with Crippen LogP contribution in [0.3, 0.4) is 0 Å². The molecule has 0 aromatic carbocycles. The molecule has 0 bridgehead atoms. The smallest absolute Gasteiger partial charge is 0.325 e. The Balaban J connectivity index is 2.22. The van der Waals surface area contributed by atoms with Gasteiger partial charge in [-0.2, -0.15) is 0 Å². The predicted octanol–water partition coefficient (Wildman–Crippen LogP) is 2.29. The van der Waals surface area contributed by atoms with Gasteiger partial charge in [-0.1, -0.05) is 22.5 Å². The van der Waals surface area contributed by atoms with E-state index in [1.807, 2.05) is 0 Å². The minimum atomic E-state index is -0.444. The molecule has 0 saturated heterocycles. The zero-order valence-corrected chi connectivity index (χ0v) is 10.6. The van der Waals surface area contributed by atoms with E-state index in [1.165, 1.54) is 22.4 Å². The second-order valence-corrected chi connectivity index (χ2v) is 5.46. The molecule has 2 aromatic heterocycles. The molecule has 1 N–H and O–H groups in total. The molecule has 7 nitrogen and oxygen atoms in total. The lowest BCUT2D eigenvalue weighted by atomic mass is 10.6. The molecule has 0 unspecified atom stereocenters. The zero-order chi connectivity index (χ0) is 13.1. The summed E-state index contributed by atoms with van der Waals surface area (Å²) in [4.78, 5) is 10.1. The quantitative estimate of drug-likeness (QED) is 0.514. The number of aromatic nitrogens is 3. The van der Waals surface area contributed by atoms with E-state index < -0.39 is 4.92 Å². The van der Waals surface area contributed by atoms with Crippen LogP contribution in [0.2, 0.25) is 0 Å². The number of aromatic hydroxyl groups is 1. The molecule has 0 radical (unpaired) electrons. The average Bonchev–Trinajstić information content (AvgIpc) is 2.91. The molecule has 0 aliphatic rings. The van der Waals surface area contributed by atoms with E-state index >= 15 is 0 Å². The van der Waals surface area contributed by atoms with Gasteiger partial charge in [0.2, 0.25) is 0 Å². The van der Waals surface area contributed by atoms with E-state index in [2.05, 4.69) is 16.8 Å². The van der Waals surface area contributed by atoms with Gasteiger partial charge in [0.15, 0.2) is 5.16 Å². The van der Waals surface area contributed by atoms with Crippen LogP contribution < -0.4 is 0 Å². The van der Waals surface area contributed by atoms with Crippen molar-refractivity contribution >= 4 is 28.1 Å². The van der Waals surface area contributed by atoms with E-state index in [0.717, 1.165) is 11.3 Å². The first-order valence-electron chi connectivity index (χ1n) is 4.77. The molecule has 0 atom stereocenters. The minimum absolute atomic E-state index is 0.0662. The van der Waals surface area contributed by atoms with Gasteiger partial charge in [0.05, 0.1) is 9.13 Å². The van der Waals surface area contributed by atoms with E-state index in [0.29, 0.717) is 15.9 Å². The van der Waals surface area contributed by atoms with Crippen molar-refractivity contribution in [2.75, 3.05) is 0 Å². The van der Waals surface area contributed by atoms with E-state index in [4.69, 9.17) is 0 Å². The molecule has 0 saturated carbocycles.